The van der Waals surface area contributed by atoms with Gasteiger partial charge in [0, 0.05) is 19.6 Å². The van der Waals surface area contributed by atoms with E-state index >= 15 is 0 Å². The maximum Gasteiger partial charge on any atom is 0.480 e. The Kier molecular flexibility index (Phi) is 8.91. The van der Waals surface area contributed by atoms with Gasteiger partial charge in [-0.05, 0) is 67.9 Å². The van der Waals surface area contributed by atoms with Crippen LogP contribution in [0.4, 0.5) is 4.79 Å². The van der Waals surface area contributed by atoms with Gasteiger partial charge in [-0.1, -0.05) is 54.5 Å². The normalized spacial score (nSPS) is 16.4. The largest absolute Gasteiger partial charge is 0.480 e. The highest BCUT2D eigenvalue weighted by Crippen LogP contribution is 2.32. The van der Waals surface area contributed by atoms with Gasteiger partial charge in [-0.3, -0.25) is 4.90 Å². The molecule has 34 heavy (non-hydrogen) atoms. The van der Waals surface area contributed by atoms with Gasteiger partial charge in [-0.25, -0.2) is 4.79 Å². The average Bonchev–Trinajstić information content (AvgIpc) is 2.80. The minimum Gasteiger partial charge on any atom is -0.444 e. The maximum atomic E-state index is 11.9. The zero-order valence-electron chi connectivity index (χ0n) is 20.1. The molecule has 4 N–H and O–H groups in total. The molecule has 8 heteroatoms. The van der Waals surface area contributed by atoms with Gasteiger partial charge in [0.15, 0.2) is 0 Å². The Morgan fingerprint density at radius 1 is 1.18 bits per heavy atom. The number of carbonyl (C=O) groups excluding carboxylic acids is 1. The number of ether oxygens (including phenoxy) is 1. The SMILES string of the molecule is CC(C)(C)OC(=O)NCc1cccc(C2CCN(C(O)c3cccc(/C=C/B(O)O)c3)CC2)c1. The van der Waals surface area contributed by atoms with Crippen molar-refractivity contribution in [3.63, 3.8) is 0 Å². The fourth-order valence-corrected chi connectivity index (χ4v) is 4.15. The average molecular weight is 466 g/mol. The third-order valence-electron chi connectivity index (χ3n) is 5.80. The van der Waals surface area contributed by atoms with Crippen molar-refractivity contribution in [3.8, 4) is 0 Å². The Bertz CT molecular complexity index is 981. The first kappa shape index (κ1) is 26.0. The zero-order chi connectivity index (χ0) is 24.7. The number of amides is 1. The van der Waals surface area contributed by atoms with Crippen LogP contribution < -0.4 is 5.32 Å². The first-order valence-corrected chi connectivity index (χ1v) is 11.7. The van der Waals surface area contributed by atoms with E-state index in [1.54, 1.807) is 6.08 Å². The Balaban J connectivity index is 1.55. The number of carbonyl (C=O) groups is 1. The summed E-state index contributed by atoms with van der Waals surface area (Å²) in [7, 11) is -1.50. The van der Waals surface area contributed by atoms with Crippen molar-refractivity contribution in [1.82, 2.24) is 10.2 Å². The minimum atomic E-state index is -1.50. The second-order valence-corrected chi connectivity index (χ2v) is 9.73. The van der Waals surface area contributed by atoms with Crippen LogP contribution in [-0.2, 0) is 11.3 Å². The lowest BCUT2D eigenvalue weighted by Crippen LogP contribution is -2.36. The lowest BCUT2D eigenvalue weighted by Gasteiger charge is -2.35. The van der Waals surface area contributed by atoms with Gasteiger partial charge in [0.1, 0.15) is 11.8 Å². The Morgan fingerprint density at radius 3 is 2.56 bits per heavy atom. The van der Waals surface area contributed by atoms with Crippen molar-refractivity contribution in [2.45, 2.75) is 57.9 Å². The van der Waals surface area contributed by atoms with Crippen LogP contribution in [0.25, 0.3) is 6.08 Å². The van der Waals surface area contributed by atoms with E-state index in [2.05, 4.69) is 22.3 Å². The number of hydrogen-bond donors (Lipinski definition) is 4. The van der Waals surface area contributed by atoms with Gasteiger partial charge < -0.3 is 25.2 Å². The van der Waals surface area contributed by atoms with Crippen LogP contribution in [0.2, 0.25) is 0 Å². The van der Waals surface area contributed by atoms with Crippen LogP contribution in [0.3, 0.4) is 0 Å². The van der Waals surface area contributed by atoms with E-state index in [1.807, 2.05) is 57.2 Å². The number of nitrogens with zero attached hydrogens (tertiary/aromatic N) is 1. The van der Waals surface area contributed by atoms with E-state index in [4.69, 9.17) is 14.8 Å². The van der Waals surface area contributed by atoms with Gasteiger partial charge in [0.2, 0.25) is 0 Å². The number of aliphatic hydroxyl groups is 1. The van der Waals surface area contributed by atoms with Crippen molar-refractivity contribution < 1.29 is 24.7 Å². The zero-order valence-corrected chi connectivity index (χ0v) is 20.1. The smallest absolute Gasteiger partial charge is 0.444 e. The molecule has 1 atom stereocenters. The molecule has 0 saturated carbocycles. The predicted molar refractivity (Wildman–Crippen MR) is 134 cm³/mol. The molecule has 1 unspecified atom stereocenters. The molecule has 182 valence electrons. The summed E-state index contributed by atoms with van der Waals surface area (Å²) in [6, 6.07) is 15.7. The summed E-state index contributed by atoms with van der Waals surface area (Å²) in [5, 5.41) is 31.7. The van der Waals surface area contributed by atoms with Gasteiger partial charge >= 0.3 is 13.2 Å². The molecular formula is C26H35BN2O5. The third-order valence-corrected chi connectivity index (χ3v) is 5.80. The fourth-order valence-electron chi connectivity index (χ4n) is 4.15. The topological polar surface area (TPSA) is 102 Å². The van der Waals surface area contributed by atoms with Crippen LogP contribution in [0.15, 0.2) is 54.5 Å². The highest BCUT2D eigenvalue weighted by atomic mass is 16.6. The predicted octanol–water partition coefficient (Wildman–Crippen LogP) is 3.61. The lowest BCUT2D eigenvalue weighted by atomic mass is 9.88. The first-order valence-electron chi connectivity index (χ1n) is 11.7. The fraction of sp³-hybridized carbons (Fsp3) is 0.423. The van der Waals surface area contributed by atoms with E-state index < -0.39 is 25.0 Å². The van der Waals surface area contributed by atoms with E-state index in [9.17, 15) is 9.90 Å². The molecule has 3 rings (SSSR count). The van der Waals surface area contributed by atoms with Crippen molar-refractivity contribution in [2.24, 2.45) is 0 Å². The number of benzene rings is 2. The maximum absolute atomic E-state index is 11.9. The van der Waals surface area contributed by atoms with Crippen molar-refractivity contribution >= 4 is 19.3 Å². The molecule has 0 radical (unpaired) electrons. The number of piperidine rings is 1. The second-order valence-electron chi connectivity index (χ2n) is 9.73. The molecule has 0 aliphatic carbocycles. The number of nitrogens with one attached hydrogen (secondary N) is 1. The quantitative estimate of drug-likeness (QED) is 0.465. The monoisotopic (exact) mass is 466 g/mol. The van der Waals surface area contributed by atoms with Crippen LogP contribution in [0.5, 0.6) is 0 Å². The van der Waals surface area contributed by atoms with Crippen LogP contribution in [-0.4, -0.2) is 52.0 Å². The summed E-state index contributed by atoms with van der Waals surface area (Å²) >= 11 is 0. The molecule has 1 amide bonds. The Hall–Kier alpha value is -2.65. The number of rotatable bonds is 7. The molecule has 0 spiro atoms. The van der Waals surface area contributed by atoms with Gasteiger partial charge in [-0.15, -0.1) is 0 Å². The first-order chi connectivity index (χ1) is 16.1. The number of hydrogen-bond acceptors (Lipinski definition) is 6. The summed E-state index contributed by atoms with van der Waals surface area (Å²) in [6.45, 7) is 7.47. The van der Waals surface area contributed by atoms with E-state index in [0.717, 1.165) is 42.6 Å². The van der Waals surface area contributed by atoms with Gasteiger partial charge in [0.25, 0.3) is 0 Å². The van der Waals surface area contributed by atoms with Crippen molar-refractivity contribution in [3.05, 3.63) is 76.8 Å². The minimum absolute atomic E-state index is 0.394. The molecule has 1 heterocycles. The van der Waals surface area contributed by atoms with E-state index in [0.29, 0.717) is 12.5 Å². The molecule has 1 fully saturated rings. The molecule has 2 aromatic rings. The lowest BCUT2D eigenvalue weighted by molar-refractivity contribution is -0.0132. The molecular weight excluding hydrogens is 431 g/mol. The molecule has 0 aromatic heterocycles. The molecule has 1 saturated heterocycles. The van der Waals surface area contributed by atoms with E-state index in [1.165, 1.54) is 11.5 Å². The number of alkyl carbamates (subject to hydrolysis) is 1. The molecule has 2 aromatic carbocycles. The Labute approximate surface area is 202 Å². The molecule has 1 aliphatic rings. The van der Waals surface area contributed by atoms with Crippen molar-refractivity contribution in [1.29, 1.82) is 0 Å². The molecule has 0 bridgehead atoms. The highest BCUT2D eigenvalue weighted by molar-refractivity contribution is 6.48. The summed E-state index contributed by atoms with van der Waals surface area (Å²) in [4.78, 5) is 14.0. The third kappa shape index (κ3) is 7.99. The van der Waals surface area contributed by atoms with Crippen LogP contribution in [0, 0.1) is 0 Å². The van der Waals surface area contributed by atoms with E-state index in [-0.39, 0.29) is 0 Å². The second kappa shape index (κ2) is 11.7. The molecule has 7 nitrogen and oxygen atoms in total. The summed E-state index contributed by atoms with van der Waals surface area (Å²) < 4.78 is 5.30. The highest BCUT2D eigenvalue weighted by Gasteiger charge is 2.26. The van der Waals surface area contributed by atoms with Crippen LogP contribution in [0.1, 0.15) is 68.0 Å². The number of likely N-dealkylation sites (tertiary alicyclic amines) is 1. The van der Waals surface area contributed by atoms with Gasteiger partial charge in [0.05, 0.1) is 0 Å². The Morgan fingerprint density at radius 2 is 1.88 bits per heavy atom. The standard InChI is InChI=1S/C26H35BN2O5/c1-26(2,3)34-25(31)28-18-20-7-5-8-22(17-20)21-11-14-29(15-12-21)24(30)23-9-4-6-19(16-23)10-13-27(32)33/h4-10,13,16-17,21,24,30,32-33H,11-12,14-15,18H2,1-3H3,(H,28,31)/b13-10+. The summed E-state index contributed by atoms with van der Waals surface area (Å²) in [6.07, 6.45) is 2.34. The summed E-state index contributed by atoms with van der Waals surface area (Å²) in [5.41, 5.74) is 3.33. The number of aliphatic hydroxyl groups excluding tert-OH is 1. The van der Waals surface area contributed by atoms with Gasteiger partial charge in [-0.2, -0.15) is 0 Å². The van der Waals surface area contributed by atoms with Crippen molar-refractivity contribution in [2.75, 3.05) is 13.1 Å². The summed E-state index contributed by atoms with van der Waals surface area (Å²) in [5.74, 6) is 1.68. The molecule has 1 aliphatic heterocycles. The van der Waals surface area contributed by atoms with Crippen LogP contribution >= 0.6 is 0 Å².